The van der Waals surface area contributed by atoms with E-state index in [-0.39, 0.29) is 22.6 Å². The predicted molar refractivity (Wildman–Crippen MR) is 155 cm³/mol. The van der Waals surface area contributed by atoms with Crippen LogP contribution in [0.25, 0.3) is 16.8 Å². The van der Waals surface area contributed by atoms with E-state index < -0.39 is 0 Å². The Morgan fingerprint density at radius 3 is 2.48 bits per heavy atom. The van der Waals surface area contributed by atoms with Crippen LogP contribution in [0.4, 0.5) is 11.6 Å². The summed E-state index contributed by atoms with van der Waals surface area (Å²) in [5, 5.41) is 29.8. The van der Waals surface area contributed by atoms with Crippen LogP contribution in [-0.2, 0) is 6.42 Å². The highest BCUT2D eigenvalue weighted by Crippen LogP contribution is 2.28. The summed E-state index contributed by atoms with van der Waals surface area (Å²) in [7, 11) is 0. The Kier molecular flexibility index (Phi) is 7.47. The molecule has 5 rings (SSSR count). The number of hydrogen-bond acceptors (Lipinski definition) is 6. The molecule has 1 amide bonds. The van der Waals surface area contributed by atoms with Crippen molar-refractivity contribution in [3.63, 3.8) is 0 Å². The van der Waals surface area contributed by atoms with Gasteiger partial charge in [0.05, 0.1) is 16.8 Å². The minimum Gasteiger partial charge on any atom is -0.507 e. The first kappa shape index (κ1) is 26.4. The molecule has 0 bridgehead atoms. The summed E-state index contributed by atoms with van der Waals surface area (Å²) in [5.74, 6) is 0.146. The summed E-state index contributed by atoms with van der Waals surface area (Å²) in [5.41, 5.74) is 5.45. The quantitative estimate of drug-likeness (QED) is 0.212. The lowest BCUT2D eigenvalue weighted by atomic mass is 9.82. The fraction of sp³-hybridized carbons (Fsp3) is 0.188. The van der Waals surface area contributed by atoms with Gasteiger partial charge in [0, 0.05) is 18.3 Å². The average molecular weight is 531 g/mol. The van der Waals surface area contributed by atoms with Crippen molar-refractivity contribution in [2.45, 2.75) is 26.7 Å². The number of nitrogens with one attached hydrogen (secondary N) is 2. The summed E-state index contributed by atoms with van der Waals surface area (Å²) in [6, 6.07) is 28.4. The second-order valence-electron chi connectivity index (χ2n) is 10.5. The molecule has 8 nitrogen and oxygen atoms in total. The number of amides is 1. The lowest BCUT2D eigenvalue weighted by molar-refractivity contribution is 0.0946. The van der Waals surface area contributed by atoms with Gasteiger partial charge >= 0.3 is 0 Å². The molecule has 40 heavy (non-hydrogen) atoms. The van der Waals surface area contributed by atoms with Crippen molar-refractivity contribution in [3.05, 3.63) is 108 Å². The van der Waals surface area contributed by atoms with E-state index >= 15 is 0 Å². The van der Waals surface area contributed by atoms with Crippen molar-refractivity contribution in [1.82, 2.24) is 19.9 Å². The Morgan fingerprint density at radius 1 is 0.975 bits per heavy atom. The molecule has 0 fully saturated rings. The maximum atomic E-state index is 12.4. The minimum atomic E-state index is -0.266. The number of hydrogen-bond donors (Lipinski definition) is 3. The molecule has 0 spiro atoms. The first-order valence-electron chi connectivity index (χ1n) is 13.1. The van der Waals surface area contributed by atoms with Gasteiger partial charge in [0.1, 0.15) is 11.8 Å². The molecule has 8 heteroatoms. The maximum absolute atomic E-state index is 12.4. The molecule has 0 saturated carbocycles. The number of anilines is 2. The second kappa shape index (κ2) is 11.3. The van der Waals surface area contributed by atoms with Gasteiger partial charge in [-0.05, 0) is 65.8 Å². The number of aromatic hydroxyl groups is 1. The zero-order chi connectivity index (χ0) is 28.1. The zero-order valence-electron chi connectivity index (χ0n) is 22.4. The highest BCUT2D eigenvalue weighted by atomic mass is 16.3. The fourth-order valence-electron chi connectivity index (χ4n) is 4.65. The molecule has 0 atom stereocenters. The number of phenolic OH excluding ortho intramolecular Hbond substituents is 1. The molecule has 0 aliphatic carbocycles. The SMILES string of the molecule is CC(C)(CCNC(=O)c1ccccc1O)Cc1ccc(-c2ccc3nc(Nc4ccccc4C#N)nn3c2)cc1. The van der Waals surface area contributed by atoms with Gasteiger partial charge in [-0.3, -0.25) is 4.79 Å². The molecule has 0 saturated heterocycles. The Bertz CT molecular complexity index is 1700. The maximum Gasteiger partial charge on any atom is 0.255 e. The highest BCUT2D eigenvalue weighted by Gasteiger charge is 2.19. The van der Waals surface area contributed by atoms with Crippen LogP contribution in [0.1, 0.15) is 41.8 Å². The van der Waals surface area contributed by atoms with E-state index in [2.05, 4.69) is 64.9 Å². The number of nitriles is 1. The van der Waals surface area contributed by atoms with Gasteiger partial charge in [0.2, 0.25) is 5.95 Å². The van der Waals surface area contributed by atoms with Crippen LogP contribution >= 0.6 is 0 Å². The van der Waals surface area contributed by atoms with Crippen molar-refractivity contribution in [2.75, 3.05) is 11.9 Å². The summed E-state index contributed by atoms with van der Waals surface area (Å²) in [4.78, 5) is 16.9. The van der Waals surface area contributed by atoms with E-state index in [1.807, 2.05) is 36.5 Å². The number of benzene rings is 3. The number of pyridine rings is 1. The minimum absolute atomic E-state index is 0.0131. The second-order valence-corrected chi connectivity index (χ2v) is 10.5. The molecule has 2 aromatic heterocycles. The van der Waals surface area contributed by atoms with Crippen LogP contribution in [0.15, 0.2) is 91.1 Å². The molecule has 3 aromatic carbocycles. The van der Waals surface area contributed by atoms with Gasteiger partial charge in [0.25, 0.3) is 5.91 Å². The van der Waals surface area contributed by atoms with Crippen LogP contribution in [0.2, 0.25) is 0 Å². The van der Waals surface area contributed by atoms with Gasteiger partial charge in [0.15, 0.2) is 5.65 Å². The van der Waals surface area contributed by atoms with Crippen LogP contribution in [0.3, 0.4) is 0 Å². The number of carbonyl (C=O) groups is 1. The molecule has 0 unspecified atom stereocenters. The molecule has 0 aliphatic heterocycles. The third kappa shape index (κ3) is 6.11. The van der Waals surface area contributed by atoms with Crippen molar-refractivity contribution in [2.24, 2.45) is 5.41 Å². The molecule has 3 N–H and O–H groups in total. The van der Waals surface area contributed by atoms with Crippen molar-refractivity contribution in [3.8, 4) is 22.9 Å². The summed E-state index contributed by atoms with van der Waals surface area (Å²) in [6.45, 7) is 4.90. The number of nitrogens with zero attached hydrogens (tertiary/aromatic N) is 4. The molecule has 0 radical (unpaired) electrons. The molecule has 0 aliphatic rings. The van der Waals surface area contributed by atoms with Crippen LogP contribution in [0.5, 0.6) is 5.75 Å². The van der Waals surface area contributed by atoms with E-state index in [9.17, 15) is 15.2 Å². The smallest absolute Gasteiger partial charge is 0.255 e. The van der Waals surface area contributed by atoms with E-state index in [4.69, 9.17) is 0 Å². The van der Waals surface area contributed by atoms with Crippen LogP contribution < -0.4 is 10.6 Å². The van der Waals surface area contributed by atoms with Gasteiger partial charge in [-0.1, -0.05) is 62.4 Å². The lowest BCUT2D eigenvalue weighted by Gasteiger charge is -2.25. The Balaban J connectivity index is 1.21. The first-order chi connectivity index (χ1) is 19.3. The monoisotopic (exact) mass is 530 g/mol. The van der Waals surface area contributed by atoms with Crippen LogP contribution in [-0.4, -0.2) is 32.2 Å². The zero-order valence-corrected chi connectivity index (χ0v) is 22.4. The van der Waals surface area contributed by atoms with E-state index in [1.54, 1.807) is 28.8 Å². The Hall–Kier alpha value is -5.16. The third-order valence-corrected chi connectivity index (χ3v) is 6.83. The number of fused-ring (bicyclic) bond motifs is 1. The first-order valence-corrected chi connectivity index (χ1v) is 13.1. The average Bonchev–Trinajstić information content (AvgIpc) is 3.35. The fourth-order valence-corrected chi connectivity index (χ4v) is 4.65. The van der Waals surface area contributed by atoms with Gasteiger partial charge in [-0.25, -0.2) is 4.52 Å². The summed E-state index contributed by atoms with van der Waals surface area (Å²) in [6.07, 6.45) is 3.60. The Morgan fingerprint density at radius 2 is 1.70 bits per heavy atom. The number of para-hydroxylation sites is 2. The van der Waals surface area contributed by atoms with E-state index in [1.165, 1.54) is 11.6 Å². The van der Waals surface area contributed by atoms with Crippen molar-refractivity contribution in [1.29, 1.82) is 5.26 Å². The van der Waals surface area contributed by atoms with Gasteiger partial charge < -0.3 is 15.7 Å². The third-order valence-electron chi connectivity index (χ3n) is 6.83. The largest absolute Gasteiger partial charge is 0.507 e. The van der Waals surface area contributed by atoms with Crippen molar-refractivity contribution >= 4 is 23.2 Å². The molecule has 200 valence electrons. The lowest BCUT2D eigenvalue weighted by Crippen LogP contribution is -2.29. The highest BCUT2D eigenvalue weighted by molar-refractivity contribution is 5.96. The van der Waals surface area contributed by atoms with E-state index in [0.29, 0.717) is 29.4 Å². The topological polar surface area (TPSA) is 115 Å². The molecular weight excluding hydrogens is 500 g/mol. The predicted octanol–water partition coefficient (Wildman–Crippen LogP) is 6.11. The van der Waals surface area contributed by atoms with E-state index in [0.717, 1.165) is 24.0 Å². The Labute approximate surface area is 232 Å². The van der Waals surface area contributed by atoms with Gasteiger partial charge in [-0.2, -0.15) is 10.2 Å². The number of phenols is 1. The van der Waals surface area contributed by atoms with Crippen LogP contribution in [0, 0.1) is 16.7 Å². The van der Waals surface area contributed by atoms with Gasteiger partial charge in [-0.15, -0.1) is 5.10 Å². The number of carbonyl (C=O) groups excluding carboxylic acids is 1. The number of rotatable bonds is 9. The summed E-state index contributed by atoms with van der Waals surface area (Å²) >= 11 is 0. The molecule has 2 heterocycles. The molecular formula is C32H30N6O2. The molecule has 5 aromatic rings. The summed E-state index contributed by atoms with van der Waals surface area (Å²) < 4.78 is 1.73. The standard InChI is InChI=1S/C32H30N6O2/c1-32(2,17-18-34-30(40)26-8-4-6-10-28(26)39)19-22-11-13-23(14-12-22)25-15-16-29-36-31(37-38(29)21-25)35-27-9-5-3-7-24(27)20-33/h3-16,21,39H,17-19H2,1-2H3,(H,34,40)(H,35,37). The normalized spacial score (nSPS) is 11.2. The number of aromatic nitrogens is 3. The van der Waals surface area contributed by atoms with Crippen molar-refractivity contribution < 1.29 is 9.90 Å².